The van der Waals surface area contributed by atoms with E-state index in [0.717, 1.165) is 76.2 Å². The summed E-state index contributed by atoms with van der Waals surface area (Å²) in [5.74, 6) is 1.86. The molecule has 3 aliphatic heterocycles. The zero-order valence-corrected chi connectivity index (χ0v) is 18.2. The maximum Gasteiger partial charge on any atom is 0.253 e. The van der Waals surface area contributed by atoms with Gasteiger partial charge in [-0.2, -0.15) is 0 Å². The first kappa shape index (κ1) is 20.4. The van der Waals surface area contributed by atoms with Crippen molar-refractivity contribution in [3.05, 3.63) is 63.8 Å². The summed E-state index contributed by atoms with van der Waals surface area (Å²) in [6.07, 6.45) is 6.21. The fraction of sp³-hybridized carbons (Fsp3) is 0.560. The molecule has 2 atom stereocenters. The van der Waals surface area contributed by atoms with Crippen LogP contribution >= 0.6 is 0 Å². The molecule has 6 heteroatoms. The maximum atomic E-state index is 13.0. The van der Waals surface area contributed by atoms with Gasteiger partial charge in [0.15, 0.2) is 0 Å². The highest BCUT2D eigenvalue weighted by molar-refractivity contribution is 5.78. The minimum Gasteiger partial charge on any atom is -0.341 e. The molecule has 1 amide bonds. The Morgan fingerprint density at radius 1 is 0.968 bits per heavy atom. The van der Waals surface area contributed by atoms with Crippen LogP contribution in [0, 0.1) is 0 Å². The number of hydrogen-bond acceptors (Lipinski definition) is 4. The van der Waals surface area contributed by atoms with E-state index in [1.165, 1.54) is 5.56 Å². The minimum atomic E-state index is 0.0793. The normalized spacial score (nSPS) is 24.2. The standard InChI is InChI=1S/C25H32N4O2/c30-24-15-22(26-23-9-5-2-6-12-29(23)24)21-11-14-28(17-21)25(31)18-27-13-10-20(16-27)19-7-3-1-4-8-19/h1,3-4,7-8,15,20-21H,2,5-6,9-14,16-18H2/t20-,21+/m1/s1. The lowest BCUT2D eigenvalue weighted by Gasteiger charge is -2.21. The first-order valence-corrected chi connectivity index (χ1v) is 11.8. The molecular weight excluding hydrogens is 388 g/mol. The Morgan fingerprint density at radius 2 is 1.81 bits per heavy atom. The molecule has 0 saturated carbocycles. The average Bonchev–Trinajstić information content (AvgIpc) is 3.40. The highest BCUT2D eigenvalue weighted by Crippen LogP contribution is 2.29. The topological polar surface area (TPSA) is 58.4 Å². The van der Waals surface area contributed by atoms with Crippen molar-refractivity contribution >= 4 is 5.91 Å². The number of hydrogen-bond donors (Lipinski definition) is 0. The lowest BCUT2D eigenvalue weighted by molar-refractivity contribution is -0.131. The van der Waals surface area contributed by atoms with Crippen molar-refractivity contribution in [2.24, 2.45) is 0 Å². The number of amides is 1. The Hall–Kier alpha value is -2.47. The van der Waals surface area contributed by atoms with Crippen LogP contribution in [0.25, 0.3) is 0 Å². The van der Waals surface area contributed by atoms with Gasteiger partial charge in [-0.15, -0.1) is 0 Å². The molecule has 2 saturated heterocycles. The summed E-state index contributed by atoms with van der Waals surface area (Å²) < 4.78 is 1.85. The van der Waals surface area contributed by atoms with Crippen molar-refractivity contribution in [2.45, 2.75) is 56.9 Å². The predicted molar refractivity (Wildman–Crippen MR) is 120 cm³/mol. The fourth-order valence-corrected chi connectivity index (χ4v) is 5.44. The molecule has 6 nitrogen and oxygen atoms in total. The third kappa shape index (κ3) is 4.45. The smallest absolute Gasteiger partial charge is 0.253 e. The number of benzene rings is 1. The van der Waals surface area contributed by atoms with Crippen LogP contribution in [0.4, 0.5) is 0 Å². The molecule has 0 unspecified atom stereocenters. The van der Waals surface area contributed by atoms with E-state index in [1.54, 1.807) is 6.07 Å². The van der Waals surface area contributed by atoms with Gasteiger partial charge < -0.3 is 4.90 Å². The lowest BCUT2D eigenvalue weighted by atomic mass is 9.99. The van der Waals surface area contributed by atoms with Gasteiger partial charge in [0, 0.05) is 44.6 Å². The Morgan fingerprint density at radius 3 is 2.68 bits per heavy atom. The third-order valence-corrected chi connectivity index (χ3v) is 7.25. The molecule has 5 rings (SSSR count). The SMILES string of the molecule is O=C(CN1CC[C@@H](c2ccccc2)C1)N1CC[C@H](c2cc(=O)n3c(n2)CCCCC3)C1. The number of carbonyl (C=O) groups excluding carboxylic acids is 1. The molecule has 1 aromatic heterocycles. The molecule has 1 aromatic carbocycles. The second kappa shape index (κ2) is 8.95. The van der Waals surface area contributed by atoms with Crippen LogP contribution in [0.2, 0.25) is 0 Å². The van der Waals surface area contributed by atoms with Crippen molar-refractivity contribution in [1.82, 2.24) is 19.4 Å². The fourth-order valence-electron chi connectivity index (χ4n) is 5.44. The van der Waals surface area contributed by atoms with E-state index < -0.39 is 0 Å². The second-order valence-corrected chi connectivity index (χ2v) is 9.35. The summed E-state index contributed by atoms with van der Waals surface area (Å²) in [6, 6.07) is 12.3. The van der Waals surface area contributed by atoms with E-state index in [9.17, 15) is 9.59 Å². The molecule has 0 aliphatic carbocycles. The maximum absolute atomic E-state index is 13.0. The number of aryl methyl sites for hydroxylation is 1. The number of rotatable bonds is 4. The van der Waals surface area contributed by atoms with E-state index in [-0.39, 0.29) is 17.4 Å². The monoisotopic (exact) mass is 420 g/mol. The van der Waals surface area contributed by atoms with Crippen LogP contribution in [-0.2, 0) is 17.8 Å². The van der Waals surface area contributed by atoms with E-state index in [1.807, 2.05) is 9.47 Å². The molecule has 0 spiro atoms. The zero-order chi connectivity index (χ0) is 21.2. The molecule has 0 N–H and O–H groups in total. The number of carbonyl (C=O) groups is 1. The zero-order valence-electron chi connectivity index (χ0n) is 18.2. The van der Waals surface area contributed by atoms with Gasteiger partial charge in [-0.1, -0.05) is 36.8 Å². The van der Waals surface area contributed by atoms with Crippen LogP contribution < -0.4 is 5.56 Å². The Balaban J connectivity index is 1.19. The van der Waals surface area contributed by atoms with Gasteiger partial charge in [0.25, 0.3) is 5.56 Å². The van der Waals surface area contributed by atoms with E-state index >= 15 is 0 Å². The van der Waals surface area contributed by atoms with Gasteiger partial charge >= 0.3 is 0 Å². The summed E-state index contributed by atoms with van der Waals surface area (Å²) in [7, 11) is 0. The number of likely N-dealkylation sites (tertiary alicyclic amines) is 2. The number of aromatic nitrogens is 2. The van der Waals surface area contributed by atoms with Crippen LogP contribution in [0.15, 0.2) is 41.2 Å². The Labute approximate surface area is 183 Å². The predicted octanol–water partition coefficient (Wildman–Crippen LogP) is 2.78. The van der Waals surface area contributed by atoms with Gasteiger partial charge in [-0.3, -0.25) is 19.1 Å². The molecule has 164 valence electrons. The second-order valence-electron chi connectivity index (χ2n) is 9.35. The summed E-state index contributed by atoms with van der Waals surface area (Å²) in [5, 5.41) is 0. The largest absolute Gasteiger partial charge is 0.341 e. The summed E-state index contributed by atoms with van der Waals surface area (Å²) >= 11 is 0. The number of fused-ring (bicyclic) bond motifs is 1. The third-order valence-electron chi connectivity index (χ3n) is 7.25. The van der Waals surface area contributed by atoms with Crippen molar-refractivity contribution in [3.63, 3.8) is 0 Å². The van der Waals surface area contributed by atoms with E-state index in [0.29, 0.717) is 19.0 Å². The van der Waals surface area contributed by atoms with Crippen LogP contribution in [0.1, 0.15) is 61.0 Å². The molecule has 4 heterocycles. The molecule has 0 bridgehead atoms. The molecular formula is C25H32N4O2. The first-order chi connectivity index (χ1) is 15.2. The molecule has 3 aliphatic rings. The minimum absolute atomic E-state index is 0.0793. The van der Waals surface area contributed by atoms with E-state index in [4.69, 9.17) is 4.98 Å². The molecule has 2 fully saturated rings. The van der Waals surface area contributed by atoms with Crippen LogP contribution in [0.3, 0.4) is 0 Å². The average molecular weight is 421 g/mol. The first-order valence-electron chi connectivity index (χ1n) is 11.8. The van der Waals surface area contributed by atoms with Gasteiger partial charge in [0.05, 0.1) is 12.2 Å². The lowest BCUT2D eigenvalue weighted by Crippen LogP contribution is -2.38. The van der Waals surface area contributed by atoms with Gasteiger partial charge in [0.2, 0.25) is 5.91 Å². The van der Waals surface area contributed by atoms with Crippen LogP contribution in [-0.4, -0.2) is 58.0 Å². The van der Waals surface area contributed by atoms with Gasteiger partial charge in [0.1, 0.15) is 5.82 Å². The van der Waals surface area contributed by atoms with Crippen molar-refractivity contribution in [2.75, 3.05) is 32.7 Å². The number of nitrogens with zero attached hydrogens (tertiary/aromatic N) is 4. The van der Waals surface area contributed by atoms with Crippen molar-refractivity contribution in [1.29, 1.82) is 0 Å². The molecule has 31 heavy (non-hydrogen) atoms. The summed E-state index contributed by atoms with van der Waals surface area (Å²) in [4.78, 5) is 34.7. The quantitative estimate of drug-likeness (QED) is 0.763. The molecule has 2 aromatic rings. The van der Waals surface area contributed by atoms with Crippen LogP contribution in [0.5, 0.6) is 0 Å². The Bertz CT molecular complexity index is 987. The Kier molecular flexibility index (Phi) is 5.90. The van der Waals surface area contributed by atoms with Crippen molar-refractivity contribution in [3.8, 4) is 0 Å². The molecule has 0 radical (unpaired) electrons. The van der Waals surface area contributed by atoms with Crippen molar-refractivity contribution < 1.29 is 4.79 Å². The summed E-state index contributed by atoms with van der Waals surface area (Å²) in [5.41, 5.74) is 2.34. The van der Waals surface area contributed by atoms with E-state index in [2.05, 4.69) is 35.2 Å². The summed E-state index contributed by atoms with van der Waals surface area (Å²) in [6.45, 7) is 4.67. The highest BCUT2D eigenvalue weighted by atomic mass is 16.2. The highest BCUT2D eigenvalue weighted by Gasteiger charge is 2.32. The van der Waals surface area contributed by atoms with Gasteiger partial charge in [-0.05, 0) is 43.7 Å². The van der Waals surface area contributed by atoms with Gasteiger partial charge in [-0.25, -0.2) is 4.98 Å².